The average molecular weight is 271 g/mol. The fraction of sp³-hybridized carbons (Fsp3) is 0.529. The predicted octanol–water partition coefficient (Wildman–Crippen LogP) is 2.85. The number of benzene rings is 1. The van der Waals surface area contributed by atoms with Gasteiger partial charge < -0.3 is 15.6 Å². The Balaban J connectivity index is 2.20. The van der Waals surface area contributed by atoms with Crippen molar-refractivity contribution in [2.45, 2.75) is 59.3 Å². The van der Waals surface area contributed by atoms with Gasteiger partial charge in [0.15, 0.2) is 0 Å². The van der Waals surface area contributed by atoms with E-state index in [1.807, 2.05) is 0 Å². The summed E-state index contributed by atoms with van der Waals surface area (Å²) in [4.78, 5) is 0. The molecule has 0 amide bonds. The average Bonchev–Trinajstić information content (AvgIpc) is 3.00. The van der Waals surface area contributed by atoms with Crippen LogP contribution in [0.2, 0.25) is 0 Å². The quantitative estimate of drug-likeness (QED) is 0.898. The highest BCUT2D eigenvalue weighted by atomic mass is 15.0. The Labute approximate surface area is 121 Å². The van der Waals surface area contributed by atoms with Crippen LogP contribution in [0, 0.1) is 6.92 Å². The monoisotopic (exact) mass is 271 g/mol. The Kier molecular flexibility index (Phi) is 3.57. The number of aryl methyl sites for hydroxylation is 1. The van der Waals surface area contributed by atoms with Gasteiger partial charge in [-0.1, -0.05) is 6.92 Å². The third kappa shape index (κ3) is 2.05. The first-order chi connectivity index (χ1) is 9.65. The summed E-state index contributed by atoms with van der Waals surface area (Å²) in [5.74, 6) is 0. The van der Waals surface area contributed by atoms with Crippen LogP contribution in [0.1, 0.15) is 42.7 Å². The standard InChI is InChI=1S/C17H25N3/c1-4-14(18)8-15-11(3)20(5-2)17-7-13-10-19-9-12(13)6-16(15)17/h6-7,14,19H,4-5,8-10,18H2,1-3H3. The van der Waals surface area contributed by atoms with Crippen molar-refractivity contribution in [3.8, 4) is 0 Å². The van der Waals surface area contributed by atoms with Crippen LogP contribution in [-0.2, 0) is 26.1 Å². The van der Waals surface area contributed by atoms with Gasteiger partial charge in [-0.05, 0) is 55.5 Å². The van der Waals surface area contributed by atoms with Gasteiger partial charge in [-0.15, -0.1) is 0 Å². The van der Waals surface area contributed by atoms with Gasteiger partial charge in [0.1, 0.15) is 0 Å². The molecule has 3 nitrogen and oxygen atoms in total. The molecule has 0 fully saturated rings. The number of aromatic nitrogens is 1. The number of rotatable bonds is 4. The van der Waals surface area contributed by atoms with Gasteiger partial charge in [0.2, 0.25) is 0 Å². The van der Waals surface area contributed by atoms with E-state index in [0.717, 1.165) is 32.5 Å². The zero-order valence-electron chi connectivity index (χ0n) is 12.8. The predicted molar refractivity (Wildman–Crippen MR) is 84.9 cm³/mol. The summed E-state index contributed by atoms with van der Waals surface area (Å²) < 4.78 is 2.44. The molecule has 2 aromatic rings. The lowest BCUT2D eigenvalue weighted by Gasteiger charge is -2.09. The molecular weight excluding hydrogens is 246 g/mol. The first kappa shape index (κ1) is 13.7. The third-order valence-corrected chi connectivity index (χ3v) is 4.71. The van der Waals surface area contributed by atoms with Crippen molar-refractivity contribution in [3.05, 3.63) is 34.5 Å². The summed E-state index contributed by atoms with van der Waals surface area (Å²) in [6, 6.07) is 5.03. The second kappa shape index (κ2) is 5.23. The number of fused-ring (bicyclic) bond motifs is 2. The number of hydrogen-bond donors (Lipinski definition) is 2. The highest BCUT2D eigenvalue weighted by Gasteiger charge is 2.19. The van der Waals surface area contributed by atoms with Crippen molar-refractivity contribution in [1.29, 1.82) is 0 Å². The molecule has 1 aliphatic rings. The molecule has 3 N–H and O–H groups in total. The fourth-order valence-electron chi connectivity index (χ4n) is 3.41. The van der Waals surface area contributed by atoms with Crippen molar-refractivity contribution in [1.82, 2.24) is 9.88 Å². The molecule has 20 heavy (non-hydrogen) atoms. The Morgan fingerprint density at radius 3 is 2.60 bits per heavy atom. The molecule has 1 aromatic carbocycles. The second-order valence-corrected chi connectivity index (χ2v) is 5.92. The van der Waals surface area contributed by atoms with E-state index in [0.29, 0.717) is 0 Å². The van der Waals surface area contributed by atoms with Crippen molar-refractivity contribution in [2.24, 2.45) is 5.73 Å². The summed E-state index contributed by atoms with van der Waals surface area (Å²) in [5, 5.41) is 4.85. The van der Waals surface area contributed by atoms with Crippen molar-refractivity contribution in [2.75, 3.05) is 0 Å². The molecule has 0 spiro atoms. The molecule has 3 heteroatoms. The summed E-state index contributed by atoms with van der Waals surface area (Å²) >= 11 is 0. The lowest BCUT2D eigenvalue weighted by Crippen LogP contribution is -2.21. The first-order valence-electron chi connectivity index (χ1n) is 7.75. The SMILES string of the molecule is CCC(N)Cc1c(C)n(CC)c2cc3c(cc12)CNC3. The topological polar surface area (TPSA) is 43.0 Å². The normalized spacial score (nSPS) is 15.8. The van der Waals surface area contributed by atoms with E-state index < -0.39 is 0 Å². The van der Waals surface area contributed by atoms with E-state index >= 15 is 0 Å². The largest absolute Gasteiger partial charge is 0.345 e. The van der Waals surface area contributed by atoms with E-state index in [2.05, 4.69) is 42.8 Å². The van der Waals surface area contributed by atoms with Crippen LogP contribution < -0.4 is 11.1 Å². The molecule has 1 unspecified atom stereocenters. The highest BCUT2D eigenvalue weighted by molar-refractivity contribution is 5.87. The molecular formula is C17H25N3. The summed E-state index contributed by atoms with van der Waals surface area (Å²) in [7, 11) is 0. The molecule has 108 valence electrons. The van der Waals surface area contributed by atoms with E-state index in [9.17, 15) is 0 Å². The molecule has 1 aliphatic heterocycles. The third-order valence-electron chi connectivity index (χ3n) is 4.71. The van der Waals surface area contributed by atoms with E-state index in [1.54, 1.807) is 0 Å². The minimum atomic E-state index is 0.260. The first-order valence-corrected chi connectivity index (χ1v) is 7.75. The van der Waals surface area contributed by atoms with Crippen molar-refractivity contribution >= 4 is 10.9 Å². The van der Waals surface area contributed by atoms with Crippen LogP contribution in [0.5, 0.6) is 0 Å². The fourth-order valence-corrected chi connectivity index (χ4v) is 3.41. The maximum atomic E-state index is 6.21. The Bertz CT molecular complexity index is 639. The molecule has 0 bridgehead atoms. The maximum absolute atomic E-state index is 6.21. The van der Waals surface area contributed by atoms with Gasteiger partial charge in [0, 0.05) is 42.3 Å². The van der Waals surface area contributed by atoms with Crippen LogP contribution in [0.25, 0.3) is 10.9 Å². The molecule has 1 atom stereocenters. The minimum absolute atomic E-state index is 0.260. The number of nitrogens with zero attached hydrogens (tertiary/aromatic N) is 1. The van der Waals surface area contributed by atoms with Crippen LogP contribution in [-0.4, -0.2) is 10.6 Å². The van der Waals surface area contributed by atoms with Gasteiger partial charge in [-0.2, -0.15) is 0 Å². The lowest BCUT2D eigenvalue weighted by molar-refractivity contribution is 0.642. The van der Waals surface area contributed by atoms with Crippen LogP contribution in [0.3, 0.4) is 0 Å². The number of nitrogens with one attached hydrogen (secondary N) is 1. The molecule has 0 saturated heterocycles. The molecule has 0 aliphatic carbocycles. The Morgan fingerprint density at radius 2 is 1.95 bits per heavy atom. The van der Waals surface area contributed by atoms with Gasteiger partial charge in [-0.3, -0.25) is 0 Å². The zero-order chi connectivity index (χ0) is 14.3. The van der Waals surface area contributed by atoms with Gasteiger partial charge in [0.05, 0.1) is 0 Å². The molecule has 0 radical (unpaired) electrons. The molecule has 1 aromatic heterocycles. The van der Waals surface area contributed by atoms with Gasteiger partial charge in [0.25, 0.3) is 0 Å². The Morgan fingerprint density at radius 1 is 1.25 bits per heavy atom. The highest BCUT2D eigenvalue weighted by Crippen LogP contribution is 2.31. The van der Waals surface area contributed by atoms with Crippen LogP contribution in [0.15, 0.2) is 12.1 Å². The second-order valence-electron chi connectivity index (χ2n) is 5.92. The van der Waals surface area contributed by atoms with Gasteiger partial charge >= 0.3 is 0 Å². The minimum Gasteiger partial charge on any atom is -0.345 e. The smallest absolute Gasteiger partial charge is 0.0488 e. The van der Waals surface area contributed by atoms with Crippen LogP contribution in [0.4, 0.5) is 0 Å². The molecule has 2 heterocycles. The lowest BCUT2D eigenvalue weighted by atomic mass is 9.99. The number of nitrogens with two attached hydrogens (primary N) is 1. The number of hydrogen-bond acceptors (Lipinski definition) is 2. The van der Waals surface area contributed by atoms with Crippen LogP contribution >= 0.6 is 0 Å². The van der Waals surface area contributed by atoms with E-state index in [1.165, 1.54) is 33.3 Å². The Hall–Kier alpha value is -1.32. The summed E-state index contributed by atoms with van der Waals surface area (Å²) in [6.07, 6.45) is 2.02. The van der Waals surface area contributed by atoms with Gasteiger partial charge in [-0.25, -0.2) is 0 Å². The molecule has 0 saturated carbocycles. The van der Waals surface area contributed by atoms with Crippen molar-refractivity contribution in [3.63, 3.8) is 0 Å². The van der Waals surface area contributed by atoms with E-state index in [-0.39, 0.29) is 6.04 Å². The van der Waals surface area contributed by atoms with E-state index in [4.69, 9.17) is 5.73 Å². The maximum Gasteiger partial charge on any atom is 0.0488 e. The summed E-state index contributed by atoms with van der Waals surface area (Å²) in [6.45, 7) is 9.66. The molecule has 3 rings (SSSR count). The zero-order valence-corrected chi connectivity index (χ0v) is 12.8. The van der Waals surface area contributed by atoms with Crippen molar-refractivity contribution < 1.29 is 0 Å². The summed E-state index contributed by atoms with van der Waals surface area (Å²) in [5.41, 5.74) is 13.3.